The van der Waals surface area contributed by atoms with Gasteiger partial charge in [-0.1, -0.05) is 13.8 Å². The molecule has 1 saturated heterocycles. The summed E-state index contributed by atoms with van der Waals surface area (Å²) in [4.78, 5) is 11.4. The van der Waals surface area contributed by atoms with E-state index < -0.39 is 0 Å². The summed E-state index contributed by atoms with van der Waals surface area (Å²) in [5, 5.41) is 6.14. The van der Waals surface area contributed by atoms with Crippen molar-refractivity contribution in [1.82, 2.24) is 10.6 Å². The van der Waals surface area contributed by atoms with E-state index in [0.29, 0.717) is 18.9 Å². The first-order chi connectivity index (χ1) is 7.18. The molecule has 1 atom stereocenters. The monoisotopic (exact) mass is 214 g/mol. The number of amides is 1. The predicted octanol–water partition coefficient (Wildman–Crippen LogP) is 0.527. The molecule has 1 aliphatic rings. The average Bonchev–Trinajstić information content (AvgIpc) is 2.25. The molecule has 0 aromatic rings. The molecule has 1 aliphatic heterocycles. The average molecular weight is 214 g/mol. The number of hydrogen-bond acceptors (Lipinski definition) is 3. The van der Waals surface area contributed by atoms with Crippen molar-refractivity contribution in [3.63, 3.8) is 0 Å². The van der Waals surface area contributed by atoms with Gasteiger partial charge in [-0.2, -0.15) is 0 Å². The van der Waals surface area contributed by atoms with Crippen molar-refractivity contribution in [2.24, 2.45) is 5.92 Å². The SMILES string of the molecule is CC(C)CCC(=O)NCC1CNCCO1. The highest BCUT2D eigenvalue weighted by Crippen LogP contribution is 2.03. The number of morpholine rings is 1. The van der Waals surface area contributed by atoms with E-state index in [1.54, 1.807) is 0 Å². The van der Waals surface area contributed by atoms with Gasteiger partial charge in [-0.3, -0.25) is 4.79 Å². The smallest absolute Gasteiger partial charge is 0.220 e. The molecule has 0 spiro atoms. The van der Waals surface area contributed by atoms with Gasteiger partial charge in [-0.05, 0) is 12.3 Å². The molecular formula is C11H22N2O2. The van der Waals surface area contributed by atoms with Crippen molar-refractivity contribution < 1.29 is 9.53 Å². The molecule has 1 amide bonds. The normalized spacial score (nSPS) is 21.7. The predicted molar refractivity (Wildman–Crippen MR) is 59.7 cm³/mol. The van der Waals surface area contributed by atoms with Gasteiger partial charge in [-0.15, -0.1) is 0 Å². The largest absolute Gasteiger partial charge is 0.374 e. The quantitative estimate of drug-likeness (QED) is 0.702. The van der Waals surface area contributed by atoms with Crippen molar-refractivity contribution in [1.29, 1.82) is 0 Å². The Bertz CT molecular complexity index is 189. The number of ether oxygens (including phenoxy) is 1. The maximum absolute atomic E-state index is 11.4. The first-order valence-corrected chi connectivity index (χ1v) is 5.77. The molecule has 4 heteroatoms. The second kappa shape index (κ2) is 6.80. The van der Waals surface area contributed by atoms with Crippen molar-refractivity contribution in [2.45, 2.75) is 32.8 Å². The summed E-state index contributed by atoms with van der Waals surface area (Å²) in [6.07, 6.45) is 1.72. The number of hydrogen-bond donors (Lipinski definition) is 2. The molecule has 0 aromatic carbocycles. The minimum absolute atomic E-state index is 0.137. The molecule has 0 bridgehead atoms. The van der Waals surface area contributed by atoms with Gasteiger partial charge in [-0.25, -0.2) is 0 Å². The highest BCUT2D eigenvalue weighted by molar-refractivity contribution is 5.75. The lowest BCUT2D eigenvalue weighted by atomic mass is 10.1. The molecule has 1 fully saturated rings. The first kappa shape index (κ1) is 12.5. The molecule has 2 N–H and O–H groups in total. The molecule has 0 aliphatic carbocycles. The van der Waals surface area contributed by atoms with Gasteiger partial charge < -0.3 is 15.4 Å². The molecule has 0 radical (unpaired) electrons. The van der Waals surface area contributed by atoms with Crippen LogP contribution in [-0.2, 0) is 9.53 Å². The second-order valence-corrected chi connectivity index (χ2v) is 4.43. The van der Waals surface area contributed by atoms with Crippen molar-refractivity contribution in [3.05, 3.63) is 0 Å². The first-order valence-electron chi connectivity index (χ1n) is 5.77. The second-order valence-electron chi connectivity index (χ2n) is 4.43. The molecule has 0 saturated carbocycles. The van der Waals surface area contributed by atoms with Gasteiger partial charge in [0, 0.05) is 26.1 Å². The molecule has 1 unspecified atom stereocenters. The fourth-order valence-corrected chi connectivity index (χ4v) is 1.49. The van der Waals surface area contributed by atoms with Gasteiger partial charge in [0.15, 0.2) is 0 Å². The summed E-state index contributed by atoms with van der Waals surface area (Å²) in [5.74, 6) is 0.723. The Kier molecular flexibility index (Phi) is 5.65. The summed E-state index contributed by atoms with van der Waals surface area (Å²) in [7, 11) is 0. The summed E-state index contributed by atoms with van der Waals surface area (Å²) < 4.78 is 5.48. The van der Waals surface area contributed by atoms with E-state index in [9.17, 15) is 4.79 Å². The maximum Gasteiger partial charge on any atom is 0.220 e. The third kappa shape index (κ3) is 5.74. The Morgan fingerprint density at radius 1 is 1.60 bits per heavy atom. The molecule has 1 heterocycles. The third-order valence-electron chi connectivity index (χ3n) is 2.48. The Labute approximate surface area is 91.8 Å². The highest BCUT2D eigenvalue weighted by atomic mass is 16.5. The Morgan fingerprint density at radius 3 is 3.00 bits per heavy atom. The van der Waals surface area contributed by atoms with Gasteiger partial charge in [0.25, 0.3) is 0 Å². The summed E-state index contributed by atoms with van der Waals surface area (Å²) in [5.41, 5.74) is 0. The van der Waals surface area contributed by atoms with Crippen LogP contribution in [0.2, 0.25) is 0 Å². The van der Waals surface area contributed by atoms with Crippen LogP contribution in [0.15, 0.2) is 0 Å². The summed E-state index contributed by atoms with van der Waals surface area (Å²) in [6, 6.07) is 0. The molecule has 1 rings (SSSR count). The van der Waals surface area contributed by atoms with Crippen molar-refractivity contribution in [3.8, 4) is 0 Å². The lowest BCUT2D eigenvalue weighted by molar-refractivity contribution is -0.122. The Hall–Kier alpha value is -0.610. The fraction of sp³-hybridized carbons (Fsp3) is 0.909. The van der Waals surface area contributed by atoms with Crippen LogP contribution in [0.25, 0.3) is 0 Å². The maximum atomic E-state index is 11.4. The van der Waals surface area contributed by atoms with Crippen LogP contribution in [0, 0.1) is 5.92 Å². The standard InChI is InChI=1S/C11H22N2O2/c1-9(2)3-4-11(14)13-8-10-7-12-5-6-15-10/h9-10,12H,3-8H2,1-2H3,(H,13,14). The minimum atomic E-state index is 0.137. The lowest BCUT2D eigenvalue weighted by Gasteiger charge is -2.23. The van der Waals surface area contributed by atoms with E-state index in [1.165, 1.54) is 0 Å². The molecule has 15 heavy (non-hydrogen) atoms. The number of carbonyl (C=O) groups is 1. The zero-order valence-corrected chi connectivity index (χ0v) is 9.71. The van der Waals surface area contributed by atoms with E-state index in [0.717, 1.165) is 26.1 Å². The number of rotatable bonds is 5. The summed E-state index contributed by atoms with van der Waals surface area (Å²) >= 11 is 0. The number of nitrogens with one attached hydrogen (secondary N) is 2. The van der Waals surface area contributed by atoms with Gasteiger partial charge >= 0.3 is 0 Å². The molecule has 0 aromatic heterocycles. The minimum Gasteiger partial charge on any atom is -0.374 e. The summed E-state index contributed by atoms with van der Waals surface area (Å²) in [6.45, 7) is 7.38. The van der Waals surface area contributed by atoms with E-state index in [2.05, 4.69) is 24.5 Å². The van der Waals surface area contributed by atoms with Crippen LogP contribution in [0.1, 0.15) is 26.7 Å². The Morgan fingerprint density at radius 2 is 2.40 bits per heavy atom. The topological polar surface area (TPSA) is 50.4 Å². The van der Waals surface area contributed by atoms with E-state index >= 15 is 0 Å². The zero-order valence-electron chi connectivity index (χ0n) is 9.71. The lowest BCUT2D eigenvalue weighted by Crippen LogP contribution is -2.45. The van der Waals surface area contributed by atoms with Crippen LogP contribution in [0.5, 0.6) is 0 Å². The fourth-order valence-electron chi connectivity index (χ4n) is 1.49. The van der Waals surface area contributed by atoms with Crippen molar-refractivity contribution >= 4 is 5.91 Å². The highest BCUT2D eigenvalue weighted by Gasteiger charge is 2.13. The van der Waals surface area contributed by atoms with E-state index in [1.807, 2.05) is 0 Å². The molecular weight excluding hydrogens is 192 g/mol. The van der Waals surface area contributed by atoms with Gasteiger partial charge in [0.2, 0.25) is 5.91 Å². The van der Waals surface area contributed by atoms with Crippen LogP contribution in [0.4, 0.5) is 0 Å². The van der Waals surface area contributed by atoms with Crippen LogP contribution in [0.3, 0.4) is 0 Å². The van der Waals surface area contributed by atoms with Crippen LogP contribution in [-0.4, -0.2) is 38.3 Å². The zero-order chi connectivity index (χ0) is 11.1. The van der Waals surface area contributed by atoms with Gasteiger partial charge in [0.05, 0.1) is 12.7 Å². The van der Waals surface area contributed by atoms with E-state index in [4.69, 9.17) is 4.74 Å². The van der Waals surface area contributed by atoms with Gasteiger partial charge in [0.1, 0.15) is 0 Å². The third-order valence-corrected chi connectivity index (χ3v) is 2.48. The molecule has 88 valence electrons. The van der Waals surface area contributed by atoms with E-state index in [-0.39, 0.29) is 12.0 Å². The van der Waals surface area contributed by atoms with Crippen molar-refractivity contribution in [2.75, 3.05) is 26.2 Å². The van der Waals surface area contributed by atoms with Crippen LogP contribution >= 0.6 is 0 Å². The van der Waals surface area contributed by atoms with Crippen LogP contribution < -0.4 is 10.6 Å². The molecule has 4 nitrogen and oxygen atoms in total. The Balaban J connectivity index is 2.05. The number of carbonyl (C=O) groups excluding carboxylic acids is 1.